The van der Waals surface area contributed by atoms with Gasteiger partial charge >= 0.3 is 0 Å². The number of benzene rings is 1. The van der Waals surface area contributed by atoms with E-state index >= 15 is 0 Å². The Morgan fingerprint density at radius 3 is 2.93 bits per heavy atom. The van der Waals surface area contributed by atoms with Crippen molar-refractivity contribution < 1.29 is 13.9 Å². The predicted octanol–water partition coefficient (Wildman–Crippen LogP) is 2.16. The Bertz CT molecular complexity index is 463. The van der Waals surface area contributed by atoms with Gasteiger partial charge in [-0.3, -0.25) is 4.79 Å². The highest BCUT2D eigenvalue weighted by atomic mass is 16.5. The number of carbonyl (C=O) groups is 1. The van der Waals surface area contributed by atoms with Crippen LogP contribution < -0.4 is 4.74 Å². The van der Waals surface area contributed by atoms with Crippen molar-refractivity contribution in [3.05, 3.63) is 36.4 Å². The molecule has 0 fully saturated rings. The molecule has 15 heavy (non-hydrogen) atoms. The summed E-state index contributed by atoms with van der Waals surface area (Å²) in [6.45, 7) is 0. The summed E-state index contributed by atoms with van der Waals surface area (Å²) in [4.78, 5) is 14.6. The van der Waals surface area contributed by atoms with Crippen molar-refractivity contribution in [2.24, 2.45) is 0 Å². The Hall–Kier alpha value is -2.10. The van der Waals surface area contributed by atoms with E-state index < -0.39 is 0 Å². The quantitative estimate of drug-likeness (QED) is 0.717. The molecule has 0 spiro atoms. The first-order valence-electron chi connectivity index (χ1n) is 4.37. The largest absolute Gasteiger partial charge is 0.496 e. The lowest BCUT2D eigenvalue weighted by Gasteiger charge is -2.04. The van der Waals surface area contributed by atoms with Crippen molar-refractivity contribution >= 4 is 6.29 Å². The Labute approximate surface area is 86.5 Å². The van der Waals surface area contributed by atoms with Crippen molar-refractivity contribution in [3.8, 4) is 17.1 Å². The molecule has 0 bridgehead atoms. The zero-order valence-electron chi connectivity index (χ0n) is 8.14. The smallest absolute Gasteiger partial charge is 0.181 e. The van der Waals surface area contributed by atoms with Gasteiger partial charge in [-0.2, -0.15) is 0 Å². The van der Waals surface area contributed by atoms with Crippen molar-refractivity contribution in [3.63, 3.8) is 0 Å². The summed E-state index contributed by atoms with van der Waals surface area (Å²) in [6.07, 6.45) is 3.69. The van der Waals surface area contributed by atoms with Crippen LogP contribution in [-0.2, 0) is 0 Å². The van der Waals surface area contributed by atoms with Crippen molar-refractivity contribution in [1.82, 2.24) is 4.98 Å². The molecule has 0 saturated heterocycles. The average molecular weight is 203 g/mol. The topological polar surface area (TPSA) is 52.3 Å². The zero-order valence-corrected chi connectivity index (χ0v) is 8.14. The van der Waals surface area contributed by atoms with E-state index in [4.69, 9.17) is 9.15 Å². The third-order valence-electron chi connectivity index (χ3n) is 2.07. The van der Waals surface area contributed by atoms with Crippen LogP contribution in [0.4, 0.5) is 0 Å². The van der Waals surface area contributed by atoms with Gasteiger partial charge in [0, 0.05) is 5.56 Å². The van der Waals surface area contributed by atoms with Gasteiger partial charge in [0.05, 0.1) is 18.9 Å². The van der Waals surface area contributed by atoms with Crippen LogP contribution in [0.1, 0.15) is 10.4 Å². The van der Waals surface area contributed by atoms with E-state index in [2.05, 4.69) is 4.98 Å². The van der Waals surface area contributed by atoms with Crippen LogP contribution in [0.15, 0.2) is 35.2 Å². The number of carbonyl (C=O) groups excluding carboxylic acids is 1. The molecule has 0 amide bonds. The third-order valence-corrected chi connectivity index (χ3v) is 2.07. The van der Waals surface area contributed by atoms with E-state index in [9.17, 15) is 4.79 Å². The lowest BCUT2D eigenvalue weighted by atomic mass is 10.1. The van der Waals surface area contributed by atoms with Crippen LogP contribution >= 0.6 is 0 Å². The predicted molar refractivity (Wildman–Crippen MR) is 53.9 cm³/mol. The highest BCUT2D eigenvalue weighted by Gasteiger charge is 2.06. The molecular weight excluding hydrogens is 194 g/mol. The maximum atomic E-state index is 10.8. The summed E-state index contributed by atoms with van der Waals surface area (Å²) in [6, 6.07) is 5.24. The Morgan fingerprint density at radius 2 is 2.33 bits per heavy atom. The van der Waals surface area contributed by atoms with Gasteiger partial charge in [0.15, 0.2) is 18.4 Å². The summed E-state index contributed by atoms with van der Waals surface area (Å²) in [5, 5.41) is 0. The van der Waals surface area contributed by atoms with E-state index in [1.807, 2.05) is 6.07 Å². The van der Waals surface area contributed by atoms with Crippen LogP contribution in [0.3, 0.4) is 0 Å². The van der Waals surface area contributed by atoms with E-state index in [0.717, 1.165) is 11.8 Å². The molecular formula is C11H9NO3. The fourth-order valence-corrected chi connectivity index (χ4v) is 1.34. The van der Waals surface area contributed by atoms with Crippen LogP contribution in [0.2, 0.25) is 0 Å². The number of aldehydes is 1. The second-order valence-electron chi connectivity index (χ2n) is 2.94. The molecule has 0 aliphatic carbocycles. The standard InChI is InChI=1S/C11H9NO3/c1-14-10-3-2-8(4-9(10)6-13)11-5-12-7-15-11/h2-7H,1H3. The van der Waals surface area contributed by atoms with E-state index in [1.165, 1.54) is 13.5 Å². The second kappa shape index (κ2) is 3.96. The van der Waals surface area contributed by atoms with Crippen molar-refractivity contribution in [2.45, 2.75) is 0 Å². The average Bonchev–Trinajstić information content (AvgIpc) is 2.81. The molecule has 1 aromatic heterocycles. The van der Waals surface area contributed by atoms with E-state index in [-0.39, 0.29) is 0 Å². The minimum absolute atomic E-state index is 0.492. The minimum atomic E-state index is 0.492. The van der Waals surface area contributed by atoms with E-state index in [1.54, 1.807) is 18.3 Å². The number of hydrogen-bond donors (Lipinski definition) is 0. The Kier molecular flexibility index (Phi) is 2.49. The van der Waals surface area contributed by atoms with Crippen LogP contribution in [0.25, 0.3) is 11.3 Å². The first-order valence-corrected chi connectivity index (χ1v) is 4.37. The maximum absolute atomic E-state index is 10.8. The number of hydrogen-bond acceptors (Lipinski definition) is 4. The number of nitrogens with zero attached hydrogens (tertiary/aromatic N) is 1. The normalized spacial score (nSPS) is 9.93. The summed E-state index contributed by atoms with van der Waals surface area (Å²) < 4.78 is 10.2. The van der Waals surface area contributed by atoms with Gasteiger partial charge in [-0.25, -0.2) is 4.98 Å². The third kappa shape index (κ3) is 1.74. The van der Waals surface area contributed by atoms with Gasteiger partial charge < -0.3 is 9.15 Å². The minimum Gasteiger partial charge on any atom is -0.496 e. The van der Waals surface area contributed by atoms with E-state index in [0.29, 0.717) is 17.1 Å². The summed E-state index contributed by atoms with van der Waals surface area (Å²) in [5.41, 5.74) is 1.29. The highest BCUT2D eigenvalue weighted by Crippen LogP contribution is 2.25. The zero-order chi connectivity index (χ0) is 10.7. The van der Waals surface area contributed by atoms with Gasteiger partial charge in [-0.15, -0.1) is 0 Å². The van der Waals surface area contributed by atoms with Gasteiger partial charge in [-0.05, 0) is 18.2 Å². The summed E-state index contributed by atoms with van der Waals surface area (Å²) in [5.74, 6) is 1.18. The first-order chi connectivity index (χ1) is 7.35. The molecule has 0 radical (unpaired) electrons. The molecule has 0 unspecified atom stereocenters. The SMILES string of the molecule is COc1ccc(-c2cnco2)cc1C=O. The van der Waals surface area contributed by atoms with Crippen molar-refractivity contribution in [1.29, 1.82) is 0 Å². The van der Waals surface area contributed by atoms with Gasteiger partial charge in [0.25, 0.3) is 0 Å². The van der Waals surface area contributed by atoms with Crippen LogP contribution in [-0.4, -0.2) is 18.4 Å². The lowest BCUT2D eigenvalue weighted by molar-refractivity contribution is 0.112. The van der Waals surface area contributed by atoms with Gasteiger partial charge in [0.2, 0.25) is 0 Å². The number of methoxy groups -OCH3 is 1. The van der Waals surface area contributed by atoms with Gasteiger partial charge in [0.1, 0.15) is 5.75 Å². The number of oxazole rings is 1. The molecule has 0 aliphatic heterocycles. The molecule has 2 rings (SSSR count). The Balaban J connectivity index is 2.48. The fraction of sp³-hybridized carbons (Fsp3) is 0.0909. The second-order valence-corrected chi connectivity index (χ2v) is 2.94. The monoisotopic (exact) mass is 203 g/mol. The number of rotatable bonds is 3. The van der Waals surface area contributed by atoms with Crippen LogP contribution in [0.5, 0.6) is 5.75 Å². The molecule has 2 aromatic rings. The molecule has 0 saturated carbocycles. The summed E-state index contributed by atoms with van der Waals surface area (Å²) >= 11 is 0. The molecule has 1 heterocycles. The molecule has 76 valence electrons. The lowest BCUT2D eigenvalue weighted by Crippen LogP contribution is -1.90. The molecule has 4 heteroatoms. The molecule has 4 nitrogen and oxygen atoms in total. The molecule has 1 aromatic carbocycles. The number of aromatic nitrogens is 1. The molecule has 0 N–H and O–H groups in total. The first kappa shape index (κ1) is 9.45. The van der Waals surface area contributed by atoms with Gasteiger partial charge in [-0.1, -0.05) is 0 Å². The summed E-state index contributed by atoms with van der Waals surface area (Å²) in [7, 11) is 1.52. The number of ether oxygens (including phenoxy) is 1. The molecule has 0 aliphatic rings. The maximum Gasteiger partial charge on any atom is 0.181 e. The molecule has 0 atom stereocenters. The van der Waals surface area contributed by atoms with Crippen molar-refractivity contribution in [2.75, 3.05) is 7.11 Å². The van der Waals surface area contributed by atoms with Crippen LogP contribution in [0, 0.1) is 0 Å². The Morgan fingerprint density at radius 1 is 1.47 bits per heavy atom. The fourth-order valence-electron chi connectivity index (χ4n) is 1.34. The highest BCUT2D eigenvalue weighted by molar-refractivity contribution is 5.82.